The molecule has 0 radical (unpaired) electrons. The Morgan fingerprint density at radius 1 is 0.750 bits per heavy atom. The van der Waals surface area contributed by atoms with Gasteiger partial charge in [0.2, 0.25) is 0 Å². The summed E-state index contributed by atoms with van der Waals surface area (Å²) in [5.74, 6) is -3.37. The van der Waals surface area contributed by atoms with Gasteiger partial charge in [-0.2, -0.15) is 0 Å². The monoisotopic (exact) mass is 248 g/mol. The zero-order valence-electron chi connectivity index (χ0n) is 9.86. The molecule has 0 saturated carbocycles. The van der Waals surface area contributed by atoms with E-state index in [1.54, 1.807) is 0 Å². The van der Waals surface area contributed by atoms with Crippen molar-refractivity contribution < 1.29 is 88.5 Å². The maximum Gasteiger partial charge on any atom is 1.00 e. The number of carboxylic acid groups (broad SMARTS) is 2. The summed E-state index contributed by atoms with van der Waals surface area (Å²) >= 11 is 0. The molecule has 6 nitrogen and oxygen atoms in total. The van der Waals surface area contributed by atoms with Crippen molar-refractivity contribution in [1.82, 2.24) is 0 Å². The molecule has 0 bridgehead atoms. The number of ketones is 2. The first kappa shape index (κ1) is 25.2. The quantitative estimate of drug-likeness (QED) is 0.360. The number of carbonyl (C=O) groups excluding carboxylic acids is 4. The van der Waals surface area contributed by atoms with Crippen LogP contribution in [0, 0.1) is 0 Å². The van der Waals surface area contributed by atoms with E-state index in [0.29, 0.717) is 0 Å². The van der Waals surface area contributed by atoms with Gasteiger partial charge in [0.25, 0.3) is 0 Å². The van der Waals surface area contributed by atoms with E-state index >= 15 is 0 Å². The fourth-order valence-corrected chi connectivity index (χ4v) is 0.407. The van der Waals surface area contributed by atoms with Gasteiger partial charge in [0.15, 0.2) is 0 Å². The van der Waals surface area contributed by atoms with Crippen molar-refractivity contribution in [2.45, 2.75) is 26.7 Å². The average molecular weight is 248 g/mol. The molecule has 0 aliphatic rings. The maximum atomic E-state index is 9.83. The number of carboxylic acids is 2. The number of hydrogen-bond donors (Lipinski definition) is 0. The van der Waals surface area contributed by atoms with E-state index in [1.165, 1.54) is 13.8 Å². The molecule has 16 heavy (non-hydrogen) atoms. The predicted molar refractivity (Wildman–Crippen MR) is 40.6 cm³/mol. The maximum absolute atomic E-state index is 9.83. The van der Waals surface area contributed by atoms with E-state index < -0.39 is 24.8 Å². The van der Waals surface area contributed by atoms with Crippen molar-refractivity contribution in [3.63, 3.8) is 0 Å². The number of carbonyl (C=O) groups is 4. The van der Waals surface area contributed by atoms with Crippen LogP contribution in [0.25, 0.3) is 0 Å². The van der Waals surface area contributed by atoms with Crippen molar-refractivity contribution in [2.24, 2.45) is 0 Å². The van der Waals surface area contributed by atoms with Crippen molar-refractivity contribution >= 4 is 23.5 Å². The summed E-state index contributed by atoms with van der Waals surface area (Å²) in [6.45, 7) is 2.41. The van der Waals surface area contributed by atoms with Crippen molar-refractivity contribution in [3.05, 3.63) is 0 Å². The number of hydrogen-bond acceptors (Lipinski definition) is 6. The van der Waals surface area contributed by atoms with Crippen LogP contribution in [-0.2, 0) is 19.2 Å². The second-order valence-corrected chi connectivity index (χ2v) is 2.50. The van der Waals surface area contributed by atoms with Gasteiger partial charge in [0.1, 0.15) is 11.6 Å². The molecule has 0 N–H and O–H groups in total. The molecule has 0 heterocycles. The first-order chi connectivity index (χ1) is 6.25. The molecule has 0 aliphatic carbocycles. The molecule has 0 fully saturated rings. The van der Waals surface area contributed by atoms with Gasteiger partial charge in [0.05, 0.1) is 0 Å². The van der Waals surface area contributed by atoms with E-state index in [0.717, 1.165) is 0 Å². The molecule has 8 heteroatoms. The van der Waals surface area contributed by atoms with Crippen LogP contribution in [0.2, 0.25) is 0 Å². The summed E-state index contributed by atoms with van der Waals surface area (Å²) in [6.07, 6.45) is -0.944. The summed E-state index contributed by atoms with van der Waals surface area (Å²) < 4.78 is 0. The van der Waals surface area contributed by atoms with Gasteiger partial charge < -0.3 is 19.8 Å². The smallest absolute Gasteiger partial charge is 0.550 e. The minimum Gasteiger partial charge on any atom is -0.550 e. The van der Waals surface area contributed by atoms with Crippen LogP contribution in [0.3, 0.4) is 0 Å². The summed E-state index contributed by atoms with van der Waals surface area (Å²) in [5, 5.41) is 19.0. The second-order valence-electron chi connectivity index (χ2n) is 2.50. The molecule has 0 aromatic heterocycles. The predicted octanol–water partition coefficient (Wildman–Crippen LogP) is -8.56. The van der Waals surface area contributed by atoms with Crippen LogP contribution in [0.4, 0.5) is 0 Å². The Morgan fingerprint density at radius 2 is 0.938 bits per heavy atom. The molecule has 0 aromatic carbocycles. The third-order valence-corrected chi connectivity index (χ3v) is 0.787. The number of Topliss-reactive ketones (excluding diaryl/α,β-unsaturated/α-hetero) is 2. The van der Waals surface area contributed by atoms with Gasteiger partial charge >= 0.3 is 59.1 Å². The molecule has 0 rings (SSSR count). The molecule has 80 valence electrons. The summed E-state index contributed by atoms with van der Waals surface area (Å²) in [6, 6.07) is 0. The van der Waals surface area contributed by atoms with E-state index in [4.69, 9.17) is 0 Å². The molecular weight excluding hydrogens is 238 g/mol. The van der Waals surface area contributed by atoms with Crippen LogP contribution in [0.5, 0.6) is 0 Å². The third-order valence-electron chi connectivity index (χ3n) is 0.787. The molecule has 0 aromatic rings. The van der Waals surface area contributed by atoms with Crippen LogP contribution < -0.4 is 69.3 Å². The zero-order chi connectivity index (χ0) is 11.7. The second kappa shape index (κ2) is 15.3. The summed E-state index contributed by atoms with van der Waals surface area (Å²) in [5.41, 5.74) is 0. The standard InChI is InChI=1S/2C4H6O3.2Na/c2*1-3(5)2-4(6)7;;/h2*2H2,1H3,(H,6,7);;/q;;2*+1/p-2. The van der Waals surface area contributed by atoms with Crippen LogP contribution in [0.1, 0.15) is 26.7 Å². The fraction of sp³-hybridized carbons (Fsp3) is 0.500. The van der Waals surface area contributed by atoms with E-state index in [-0.39, 0.29) is 70.7 Å². The van der Waals surface area contributed by atoms with Gasteiger partial charge in [-0.3, -0.25) is 9.59 Å². The molecular formula is C8H10Na2O6. The van der Waals surface area contributed by atoms with Gasteiger partial charge in [0, 0.05) is 24.8 Å². The first-order valence-electron chi connectivity index (χ1n) is 3.64. The van der Waals surface area contributed by atoms with Gasteiger partial charge in [-0.1, -0.05) is 0 Å². The third kappa shape index (κ3) is 36.7. The SMILES string of the molecule is CC(=O)CC(=O)[O-].CC(=O)CC(=O)[O-].[Na+].[Na+]. The molecule has 0 spiro atoms. The average Bonchev–Trinajstić information content (AvgIpc) is 1.79. The number of aliphatic carboxylic acids is 2. The van der Waals surface area contributed by atoms with Gasteiger partial charge in [-0.25, -0.2) is 0 Å². The van der Waals surface area contributed by atoms with Crippen LogP contribution in [0.15, 0.2) is 0 Å². The van der Waals surface area contributed by atoms with Crippen molar-refractivity contribution in [3.8, 4) is 0 Å². The minimum atomic E-state index is -1.31. The first-order valence-corrected chi connectivity index (χ1v) is 3.64. The molecule has 0 amide bonds. The van der Waals surface area contributed by atoms with Gasteiger partial charge in [-0.15, -0.1) is 0 Å². The topological polar surface area (TPSA) is 114 Å². The molecule has 0 atom stereocenters. The Labute approximate surface area is 137 Å². The zero-order valence-corrected chi connectivity index (χ0v) is 13.9. The van der Waals surface area contributed by atoms with Crippen molar-refractivity contribution in [2.75, 3.05) is 0 Å². The van der Waals surface area contributed by atoms with Crippen molar-refractivity contribution in [1.29, 1.82) is 0 Å². The Balaban J connectivity index is -0.0000000800. The summed E-state index contributed by atoms with van der Waals surface area (Å²) in [4.78, 5) is 38.6. The van der Waals surface area contributed by atoms with Crippen LogP contribution >= 0.6 is 0 Å². The van der Waals surface area contributed by atoms with Crippen LogP contribution in [-0.4, -0.2) is 23.5 Å². The Hall–Kier alpha value is 0.280. The minimum absolute atomic E-state index is 0. The normalized spacial score (nSPS) is 7.12. The Morgan fingerprint density at radius 3 is 0.938 bits per heavy atom. The Bertz CT molecular complexity index is 201. The summed E-state index contributed by atoms with van der Waals surface area (Å²) in [7, 11) is 0. The Kier molecular flexibility index (Phi) is 24.1. The number of rotatable bonds is 4. The van der Waals surface area contributed by atoms with E-state index in [9.17, 15) is 29.4 Å². The van der Waals surface area contributed by atoms with E-state index in [2.05, 4.69) is 0 Å². The van der Waals surface area contributed by atoms with Gasteiger partial charge in [-0.05, 0) is 13.8 Å². The fourth-order valence-electron chi connectivity index (χ4n) is 0.407. The molecule has 0 saturated heterocycles. The molecule has 0 unspecified atom stereocenters. The largest absolute Gasteiger partial charge is 1.00 e. The molecule has 0 aliphatic heterocycles. The van der Waals surface area contributed by atoms with E-state index in [1.807, 2.05) is 0 Å².